The van der Waals surface area contributed by atoms with E-state index in [1.54, 1.807) is 36.4 Å². The molecule has 4 amide bonds. The van der Waals surface area contributed by atoms with Crippen molar-refractivity contribution in [2.45, 2.75) is 12.6 Å². The first-order chi connectivity index (χ1) is 16.2. The maximum atomic E-state index is 12.9. The molecule has 0 bridgehead atoms. The molecule has 0 atom stereocenters. The SMILES string of the molecule is O=C(CCNC(=O)Nc1ccccc1)Nc1ccccc1C(=O)Nc1cccc(C(F)(F)F)c1. The Morgan fingerprint density at radius 1 is 0.735 bits per heavy atom. The van der Waals surface area contributed by atoms with E-state index in [2.05, 4.69) is 21.3 Å². The van der Waals surface area contributed by atoms with E-state index in [-0.39, 0.29) is 29.9 Å². The van der Waals surface area contributed by atoms with Crippen LogP contribution in [0.1, 0.15) is 22.3 Å². The van der Waals surface area contributed by atoms with Gasteiger partial charge in [0.2, 0.25) is 5.91 Å². The Kier molecular flexibility index (Phi) is 7.86. The Balaban J connectivity index is 1.55. The van der Waals surface area contributed by atoms with Crippen LogP contribution in [-0.2, 0) is 11.0 Å². The summed E-state index contributed by atoms with van der Waals surface area (Å²) in [5.41, 5.74) is -0.0656. The Morgan fingerprint density at radius 3 is 2.15 bits per heavy atom. The van der Waals surface area contributed by atoms with Crippen LogP contribution in [0.2, 0.25) is 0 Å². The maximum Gasteiger partial charge on any atom is 0.416 e. The molecule has 10 heteroatoms. The van der Waals surface area contributed by atoms with Gasteiger partial charge in [-0.1, -0.05) is 36.4 Å². The van der Waals surface area contributed by atoms with Crippen LogP contribution in [0.25, 0.3) is 0 Å². The van der Waals surface area contributed by atoms with E-state index in [1.165, 1.54) is 24.3 Å². The predicted molar refractivity (Wildman–Crippen MR) is 123 cm³/mol. The second-order valence-corrected chi connectivity index (χ2v) is 7.12. The Bertz CT molecular complexity index is 1170. The van der Waals surface area contributed by atoms with Gasteiger partial charge in [-0.2, -0.15) is 13.2 Å². The quantitative estimate of drug-likeness (QED) is 0.386. The van der Waals surface area contributed by atoms with Crippen molar-refractivity contribution >= 4 is 34.9 Å². The number of para-hydroxylation sites is 2. The minimum Gasteiger partial charge on any atom is -0.337 e. The van der Waals surface area contributed by atoms with E-state index in [9.17, 15) is 27.6 Å². The average Bonchev–Trinajstić information content (AvgIpc) is 2.79. The van der Waals surface area contributed by atoms with Crippen LogP contribution in [0.4, 0.5) is 35.0 Å². The molecule has 0 saturated heterocycles. The van der Waals surface area contributed by atoms with Crippen LogP contribution in [0.15, 0.2) is 78.9 Å². The number of hydrogen-bond donors (Lipinski definition) is 4. The van der Waals surface area contributed by atoms with Gasteiger partial charge in [-0.25, -0.2) is 4.79 Å². The highest BCUT2D eigenvalue weighted by atomic mass is 19.4. The molecule has 4 N–H and O–H groups in total. The largest absolute Gasteiger partial charge is 0.416 e. The summed E-state index contributed by atoms with van der Waals surface area (Å²) >= 11 is 0. The standard InChI is InChI=1S/C24H21F3N4O3/c25-24(26,27)16-7-6-10-18(15-16)29-22(33)19-11-4-5-12-20(19)31-21(32)13-14-28-23(34)30-17-8-2-1-3-9-17/h1-12,15H,13-14H2,(H,29,33)(H,31,32)(H2,28,30,34). The van der Waals surface area contributed by atoms with E-state index in [1.807, 2.05) is 6.07 Å². The number of carbonyl (C=O) groups excluding carboxylic acids is 3. The molecule has 0 saturated carbocycles. The minimum atomic E-state index is -4.54. The zero-order chi connectivity index (χ0) is 24.6. The molecule has 0 spiro atoms. The Labute approximate surface area is 193 Å². The number of rotatable bonds is 7. The summed E-state index contributed by atoms with van der Waals surface area (Å²) < 4.78 is 38.7. The van der Waals surface area contributed by atoms with Crippen molar-refractivity contribution in [3.8, 4) is 0 Å². The minimum absolute atomic E-state index is 0.0328. The molecule has 3 aromatic carbocycles. The van der Waals surface area contributed by atoms with Crippen molar-refractivity contribution in [3.63, 3.8) is 0 Å². The van der Waals surface area contributed by atoms with Gasteiger partial charge in [-0.15, -0.1) is 0 Å². The van der Waals surface area contributed by atoms with Gasteiger partial charge in [0.1, 0.15) is 0 Å². The molecular formula is C24H21F3N4O3. The molecule has 0 aliphatic heterocycles. The molecule has 0 aromatic heterocycles. The van der Waals surface area contributed by atoms with Gasteiger partial charge in [0.25, 0.3) is 5.91 Å². The van der Waals surface area contributed by atoms with Gasteiger partial charge in [-0.3, -0.25) is 9.59 Å². The lowest BCUT2D eigenvalue weighted by Crippen LogP contribution is -2.31. The number of urea groups is 1. The summed E-state index contributed by atoms with van der Waals surface area (Å²) in [7, 11) is 0. The molecule has 0 aliphatic rings. The van der Waals surface area contributed by atoms with Crippen molar-refractivity contribution in [1.29, 1.82) is 0 Å². The Hall–Kier alpha value is -4.34. The first kappa shape index (κ1) is 24.3. The highest BCUT2D eigenvalue weighted by Gasteiger charge is 2.30. The van der Waals surface area contributed by atoms with Crippen LogP contribution in [-0.4, -0.2) is 24.4 Å². The van der Waals surface area contributed by atoms with Crippen LogP contribution in [0, 0.1) is 0 Å². The molecular weight excluding hydrogens is 449 g/mol. The molecule has 0 unspecified atom stereocenters. The molecule has 0 radical (unpaired) electrons. The lowest BCUT2D eigenvalue weighted by molar-refractivity contribution is -0.137. The lowest BCUT2D eigenvalue weighted by atomic mass is 10.1. The normalized spacial score (nSPS) is 10.8. The van der Waals surface area contributed by atoms with Crippen molar-refractivity contribution in [2.24, 2.45) is 0 Å². The van der Waals surface area contributed by atoms with Gasteiger partial charge >= 0.3 is 12.2 Å². The van der Waals surface area contributed by atoms with E-state index >= 15 is 0 Å². The van der Waals surface area contributed by atoms with E-state index in [0.717, 1.165) is 12.1 Å². The van der Waals surface area contributed by atoms with Gasteiger partial charge in [0.15, 0.2) is 0 Å². The molecule has 0 heterocycles. The number of amides is 4. The van der Waals surface area contributed by atoms with Crippen LogP contribution >= 0.6 is 0 Å². The topological polar surface area (TPSA) is 99.3 Å². The molecule has 0 fully saturated rings. The average molecular weight is 470 g/mol. The third-order valence-electron chi connectivity index (χ3n) is 4.56. The first-order valence-electron chi connectivity index (χ1n) is 10.2. The number of alkyl halides is 3. The molecule has 3 rings (SSSR count). The summed E-state index contributed by atoms with van der Waals surface area (Å²) in [6.45, 7) is 0.0447. The van der Waals surface area contributed by atoms with Crippen LogP contribution in [0.3, 0.4) is 0 Å². The predicted octanol–water partition coefficient (Wildman–Crippen LogP) is 5.11. The van der Waals surface area contributed by atoms with Crippen LogP contribution in [0.5, 0.6) is 0 Å². The molecule has 176 valence electrons. The van der Waals surface area contributed by atoms with Crippen molar-refractivity contribution in [3.05, 3.63) is 90.0 Å². The second kappa shape index (κ2) is 11.0. The fourth-order valence-corrected chi connectivity index (χ4v) is 2.96. The zero-order valence-corrected chi connectivity index (χ0v) is 17.8. The molecule has 34 heavy (non-hydrogen) atoms. The van der Waals surface area contributed by atoms with E-state index < -0.39 is 29.6 Å². The summed E-state index contributed by atoms with van der Waals surface area (Å²) in [5.74, 6) is -1.14. The van der Waals surface area contributed by atoms with Gasteiger partial charge < -0.3 is 21.3 Å². The highest BCUT2D eigenvalue weighted by Crippen LogP contribution is 2.31. The Morgan fingerprint density at radius 2 is 1.41 bits per heavy atom. The van der Waals surface area contributed by atoms with Gasteiger partial charge in [0, 0.05) is 24.3 Å². The maximum absolute atomic E-state index is 12.9. The summed E-state index contributed by atoms with van der Waals surface area (Å²) in [4.78, 5) is 36.8. The number of carbonyl (C=O) groups is 3. The fraction of sp³-hybridized carbons (Fsp3) is 0.125. The van der Waals surface area contributed by atoms with Crippen LogP contribution < -0.4 is 21.3 Å². The zero-order valence-electron chi connectivity index (χ0n) is 17.8. The summed E-state index contributed by atoms with van der Waals surface area (Å²) in [6, 6.07) is 18.6. The number of halogens is 3. The smallest absolute Gasteiger partial charge is 0.337 e. The molecule has 3 aromatic rings. The van der Waals surface area contributed by atoms with Crippen molar-refractivity contribution in [1.82, 2.24) is 5.32 Å². The highest BCUT2D eigenvalue weighted by molar-refractivity contribution is 6.10. The van der Waals surface area contributed by atoms with Gasteiger partial charge in [-0.05, 0) is 42.5 Å². The second-order valence-electron chi connectivity index (χ2n) is 7.12. The lowest BCUT2D eigenvalue weighted by Gasteiger charge is -2.13. The third kappa shape index (κ3) is 7.09. The molecule has 7 nitrogen and oxygen atoms in total. The van der Waals surface area contributed by atoms with Gasteiger partial charge in [0.05, 0.1) is 16.8 Å². The summed E-state index contributed by atoms with van der Waals surface area (Å²) in [5, 5.41) is 10.2. The monoisotopic (exact) mass is 470 g/mol. The first-order valence-corrected chi connectivity index (χ1v) is 10.2. The van der Waals surface area contributed by atoms with Crippen molar-refractivity contribution < 1.29 is 27.6 Å². The van der Waals surface area contributed by atoms with Crippen molar-refractivity contribution in [2.75, 3.05) is 22.5 Å². The molecule has 0 aliphatic carbocycles. The van der Waals surface area contributed by atoms with E-state index in [4.69, 9.17) is 0 Å². The summed E-state index contributed by atoms with van der Waals surface area (Å²) in [6.07, 6.45) is -4.61. The number of benzene rings is 3. The third-order valence-corrected chi connectivity index (χ3v) is 4.56. The number of nitrogens with one attached hydrogen (secondary N) is 4. The number of hydrogen-bond acceptors (Lipinski definition) is 3. The fourth-order valence-electron chi connectivity index (χ4n) is 2.96. The van der Waals surface area contributed by atoms with E-state index in [0.29, 0.717) is 5.69 Å². The number of anilines is 3.